The van der Waals surface area contributed by atoms with Crippen molar-refractivity contribution in [1.29, 1.82) is 0 Å². The van der Waals surface area contributed by atoms with Crippen LogP contribution in [0.3, 0.4) is 0 Å². The predicted octanol–water partition coefficient (Wildman–Crippen LogP) is 0.671. The van der Waals surface area contributed by atoms with Gasteiger partial charge in [-0.05, 0) is 19.1 Å². The van der Waals surface area contributed by atoms with E-state index in [1.807, 2.05) is 6.26 Å². The van der Waals surface area contributed by atoms with Crippen LogP contribution in [0.5, 0.6) is 0 Å². The van der Waals surface area contributed by atoms with Gasteiger partial charge in [0.05, 0.1) is 0 Å². The molecule has 7 heteroatoms. The molecule has 2 amide bonds. The SMILES string of the molecule is COCCC(NC(=O)NCC1(SC)CC1)C(=O)O. The maximum atomic E-state index is 11.6. The van der Waals surface area contributed by atoms with Gasteiger partial charge in [-0.2, -0.15) is 11.8 Å². The van der Waals surface area contributed by atoms with Crippen molar-refractivity contribution < 1.29 is 19.4 Å². The molecule has 3 N–H and O–H groups in total. The summed E-state index contributed by atoms with van der Waals surface area (Å²) in [6, 6.07) is -1.34. The van der Waals surface area contributed by atoms with E-state index in [9.17, 15) is 9.59 Å². The molecule has 0 bridgehead atoms. The molecule has 1 unspecified atom stereocenters. The van der Waals surface area contributed by atoms with Crippen LogP contribution in [0.4, 0.5) is 4.79 Å². The standard InChI is InChI=1S/C11H20N2O4S/c1-17-6-3-8(9(14)15)13-10(16)12-7-11(18-2)4-5-11/h8H,3-7H2,1-2H3,(H,14,15)(H2,12,13,16). The van der Waals surface area contributed by atoms with Crippen molar-refractivity contribution in [2.24, 2.45) is 0 Å². The number of amides is 2. The van der Waals surface area contributed by atoms with E-state index in [1.54, 1.807) is 11.8 Å². The maximum absolute atomic E-state index is 11.6. The third-order valence-electron chi connectivity index (χ3n) is 3.03. The second-order valence-corrected chi connectivity index (χ2v) is 5.66. The number of hydrogen-bond acceptors (Lipinski definition) is 4. The number of carboxylic acid groups (broad SMARTS) is 1. The van der Waals surface area contributed by atoms with Crippen molar-refractivity contribution in [2.75, 3.05) is 26.5 Å². The molecular formula is C11H20N2O4S. The topological polar surface area (TPSA) is 87.7 Å². The molecule has 0 radical (unpaired) electrons. The molecule has 1 rings (SSSR count). The summed E-state index contributed by atoms with van der Waals surface area (Å²) in [4.78, 5) is 22.5. The summed E-state index contributed by atoms with van der Waals surface area (Å²) in [5.41, 5.74) is 0. The van der Waals surface area contributed by atoms with E-state index in [0.717, 1.165) is 12.8 Å². The highest BCUT2D eigenvalue weighted by Crippen LogP contribution is 2.46. The van der Waals surface area contributed by atoms with Gasteiger partial charge in [0.2, 0.25) is 0 Å². The lowest BCUT2D eigenvalue weighted by atomic mass is 10.2. The maximum Gasteiger partial charge on any atom is 0.326 e. The minimum Gasteiger partial charge on any atom is -0.480 e. The highest BCUT2D eigenvalue weighted by molar-refractivity contribution is 8.00. The zero-order valence-corrected chi connectivity index (χ0v) is 11.5. The van der Waals surface area contributed by atoms with E-state index in [4.69, 9.17) is 9.84 Å². The van der Waals surface area contributed by atoms with Gasteiger partial charge in [-0.15, -0.1) is 0 Å². The normalized spacial score (nSPS) is 17.9. The van der Waals surface area contributed by atoms with E-state index in [-0.39, 0.29) is 11.2 Å². The Morgan fingerprint density at radius 2 is 2.17 bits per heavy atom. The molecular weight excluding hydrogens is 256 g/mol. The second kappa shape index (κ2) is 6.84. The first kappa shape index (κ1) is 15.1. The molecule has 0 aromatic rings. The van der Waals surface area contributed by atoms with E-state index >= 15 is 0 Å². The Kier molecular flexibility index (Phi) is 5.74. The zero-order valence-electron chi connectivity index (χ0n) is 10.7. The molecule has 1 fully saturated rings. The number of aliphatic carboxylic acids is 1. The van der Waals surface area contributed by atoms with Crippen LogP contribution in [0.2, 0.25) is 0 Å². The number of thioether (sulfide) groups is 1. The minimum atomic E-state index is -1.05. The number of methoxy groups -OCH3 is 1. The molecule has 0 aliphatic heterocycles. The third-order valence-corrected chi connectivity index (χ3v) is 4.44. The summed E-state index contributed by atoms with van der Waals surface area (Å²) >= 11 is 1.74. The van der Waals surface area contributed by atoms with Crippen LogP contribution in [0.15, 0.2) is 0 Å². The van der Waals surface area contributed by atoms with Gasteiger partial charge in [-0.3, -0.25) is 0 Å². The van der Waals surface area contributed by atoms with Crippen molar-refractivity contribution in [1.82, 2.24) is 10.6 Å². The summed E-state index contributed by atoms with van der Waals surface area (Å²) in [5.74, 6) is -1.05. The van der Waals surface area contributed by atoms with Gasteiger partial charge in [0.1, 0.15) is 6.04 Å². The van der Waals surface area contributed by atoms with Crippen molar-refractivity contribution in [3.8, 4) is 0 Å². The Balaban J connectivity index is 2.29. The average Bonchev–Trinajstić information content (AvgIpc) is 3.12. The Morgan fingerprint density at radius 1 is 1.50 bits per heavy atom. The molecule has 1 aliphatic carbocycles. The number of nitrogens with one attached hydrogen (secondary N) is 2. The molecule has 1 atom stereocenters. The molecule has 0 spiro atoms. The van der Waals surface area contributed by atoms with Crippen LogP contribution in [-0.2, 0) is 9.53 Å². The van der Waals surface area contributed by atoms with Gasteiger partial charge in [0.15, 0.2) is 0 Å². The first-order chi connectivity index (χ1) is 8.53. The van der Waals surface area contributed by atoms with Crippen molar-refractivity contribution in [2.45, 2.75) is 30.1 Å². The molecule has 1 aliphatic rings. The van der Waals surface area contributed by atoms with E-state index in [2.05, 4.69) is 10.6 Å². The van der Waals surface area contributed by atoms with E-state index in [1.165, 1.54) is 7.11 Å². The Morgan fingerprint density at radius 3 is 2.61 bits per heavy atom. The van der Waals surface area contributed by atoms with Crippen molar-refractivity contribution in [3.63, 3.8) is 0 Å². The summed E-state index contributed by atoms with van der Waals surface area (Å²) < 4.78 is 4.98. The Labute approximate surface area is 111 Å². The second-order valence-electron chi connectivity index (χ2n) is 4.39. The summed E-state index contributed by atoms with van der Waals surface area (Å²) in [5, 5.41) is 14.1. The summed E-state index contributed by atoms with van der Waals surface area (Å²) in [6.45, 7) is 0.878. The fraction of sp³-hybridized carbons (Fsp3) is 0.818. The number of rotatable bonds is 8. The van der Waals surface area contributed by atoms with Gasteiger partial charge in [0.25, 0.3) is 0 Å². The van der Waals surface area contributed by atoms with E-state index in [0.29, 0.717) is 13.2 Å². The lowest BCUT2D eigenvalue weighted by Crippen LogP contribution is -2.48. The molecule has 104 valence electrons. The quantitative estimate of drug-likeness (QED) is 0.606. The highest BCUT2D eigenvalue weighted by atomic mass is 32.2. The molecule has 1 saturated carbocycles. The van der Waals surface area contributed by atoms with Gasteiger partial charge < -0.3 is 20.5 Å². The van der Waals surface area contributed by atoms with Crippen LogP contribution in [0.25, 0.3) is 0 Å². The zero-order chi connectivity index (χ0) is 13.6. The van der Waals surface area contributed by atoms with Crippen LogP contribution < -0.4 is 10.6 Å². The van der Waals surface area contributed by atoms with Gasteiger partial charge >= 0.3 is 12.0 Å². The van der Waals surface area contributed by atoms with Crippen molar-refractivity contribution in [3.05, 3.63) is 0 Å². The molecule has 18 heavy (non-hydrogen) atoms. The Bertz CT molecular complexity index is 307. The molecule has 0 saturated heterocycles. The smallest absolute Gasteiger partial charge is 0.326 e. The molecule has 0 aromatic heterocycles. The molecule has 6 nitrogen and oxygen atoms in total. The van der Waals surface area contributed by atoms with Crippen LogP contribution >= 0.6 is 11.8 Å². The number of carbonyl (C=O) groups is 2. The van der Waals surface area contributed by atoms with E-state index < -0.39 is 18.0 Å². The largest absolute Gasteiger partial charge is 0.480 e. The number of carboxylic acids is 1. The lowest BCUT2D eigenvalue weighted by Gasteiger charge is -2.17. The number of urea groups is 1. The monoisotopic (exact) mass is 276 g/mol. The van der Waals surface area contributed by atoms with Crippen LogP contribution in [0.1, 0.15) is 19.3 Å². The minimum absolute atomic E-state index is 0.169. The van der Waals surface area contributed by atoms with Crippen LogP contribution in [0, 0.1) is 0 Å². The average molecular weight is 276 g/mol. The van der Waals surface area contributed by atoms with Gasteiger partial charge in [-0.1, -0.05) is 0 Å². The fourth-order valence-corrected chi connectivity index (χ4v) is 2.26. The first-order valence-corrected chi connectivity index (χ1v) is 7.07. The Hall–Kier alpha value is -0.950. The summed E-state index contributed by atoms with van der Waals surface area (Å²) in [7, 11) is 1.49. The number of ether oxygens (including phenoxy) is 1. The van der Waals surface area contributed by atoms with Gasteiger partial charge in [-0.25, -0.2) is 9.59 Å². The summed E-state index contributed by atoms with van der Waals surface area (Å²) in [6.07, 6.45) is 4.47. The number of carbonyl (C=O) groups excluding carboxylic acids is 1. The lowest BCUT2D eigenvalue weighted by molar-refractivity contribution is -0.139. The predicted molar refractivity (Wildman–Crippen MR) is 69.9 cm³/mol. The molecule has 0 heterocycles. The number of hydrogen-bond donors (Lipinski definition) is 3. The highest BCUT2D eigenvalue weighted by Gasteiger charge is 2.42. The first-order valence-electron chi connectivity index (χ1n) is 5.84. The van der Waals surface area contributed by atoms with Crippen molar-refractivity contribution >= 4 is 23.8 Å². The molecule has 0 aromatic carbocycles. The fourth-order valence-electron chi connectivity index (χ4n) is 1.54. The van der Waals surface area contributed by atoms with Crippen LogP contribution in [-0.4, -0.2) is 54.4 Å². The van der Waals surface area contributed by atoms with Gasteiger partial charge in [0, 0.05) is 31.4 Å². The third kappa shape index (κ3) is 4.73.